The lowest BCUT2D eigenvalue weighted by atomic mass is 9.94. The molecule has 0 aromatic heterocycles. The van der Waals surface area contributed by atoms with E-state index < -0.39 is 18.0 Å². The molecule has 8 heteroatoms. The molecular formula is C21H26N2O6. The maximum Gasteiger partial charge on any atom is 0.338 e. The summed E-state index contributed by atoms with van der Waals surface area (Å²) in [6.45, 7) is 2.13. The Labute approximate surface area is 169 Å². The van der Waals surface area contributed by atoms with Gasteiger partial charge in [0.25, 0.3) is 17.7 Å². The van der Waals surface area contributed by atoms with E-state index in [2.05, 4.69) is 5.32 Å². The van der Waals surface area contributed by atoms with Crippen molar-refractivity contribution in [3.05, 3.63) is 34.9 Å². The third-order valence-electron chi connectivity index (χ3n) is 5.35. The summed E-state index contributed by atoms with van der Waals surface area (Å²) in [5, 5.41) is 2.59. The zero-order valence-corrected chi connectivity index (χ0v) is 16.7. The molecule has 1 N–H and O–H groups in total. The average molecular weight is 402 g/mol. The second kappa shape index (κ2) is 9.17. The van der Waals surface area contributed by atoms with Gasteiger partial charge in [-0.15, -0.1) is 0 Å². The van der Waals surface area contributed by atoms with Crippen LogP contribution in [0, 0.1) is 0 Å². The van der Waals surface area contributed by atoms with Crippen LogP contribution in [0.4, 0.5) is 0 Å². The Bertz CT molecular complexity index is 815. The van der Waals surface area contributed by atoms with Gasteiger partial charge < -0.3 is 14.8 Å². The number of nitrogens with zero attached hydrogens (tertiary/aromatic N) is 1. The van der Waals surface area contributed by atoms with Crippen molar-refractivity contribution < 1.29 is 28.7 Å². The molecule has 0 bridgehead atoms. The van der Waals surface area contributed by atoms with Crippen LogP contribution in [0.15, 0.2) is 18.2 Å². The average Bonchev–Trinajstić information content (AvgIpc) is 2.98. The van der Waals surface area contributed by atoms with Crippen LogP contribution < -0.4 is 5.32 Å². The Morgan fingerprint density at radius 1 is 1.14 bits per heavy atom. The largest absolute Gasteiger partial charge is 0.449 e. The first-order valence-electron chi connectivity index (χ1n) is 9.93. The molecule has 1 heterocycles. The summed E-state index contributed by atoms with van der Waals surface area (Å²) in [7, 11) is 1.52. The number of amides is 3. The van der Waals surface area contributed by atoms with E-state index in [0.29, 0.717) is 18.7 Å². The number of rotatable bonds is 7. The lowest BCUT2D eigenvalue weighted by Crippen LogP contribution is -2.40. The molecule has 29 heavy (non-hydrogen) atoms. The number of nitrogens with one attached hydrogen (secondary N) is 1. The molecule has 1 saturated carbocycles. The third-order valence-corrected chi connectivity index (χ3v) is 5.35. The van der Waals surface area contributed by atoms with Crippen LogP contribution in [0.25, 0.3) is 0 Å². The number of hydrogen-bond acceptors (Lipinski definition) is 6. The smallest absolute Gasteiger partial charge is 0.338 e. The summed E-state index contributed by atoms with van der Waals surface area (Å²) < 4.78 is 10.0. The molecule has 0 radical (unpaired) electrons. The van der Waals surface area contributed by atoms with Crippen molar-refractivity contribution in [2.24, 2.45) is 0 Å². The number of methoxy groups -OCH3 is 1. The van der Waals surface area contributed by atoms with E-state index in [-0.39, 0.29) is 29.0 Å². The SMILES string of the molecule is COCCNC(=O)[C@H](C)OC(=O)c1ccc2c(c1)C(=O)N(C1CCCCC1)C2=O. The van der Waals surface area contributed by atoms with Crippen LogP contribution in [0.5, 0.6) is 0 Å². The van der Waals surface area contributed by atoms with Crippen molar-refractivity contribution in [1.82, 2.24) is 10.2 Å². The molecule has 0 saturated heterocycles. The van der Waals surface area contributed by atoms with Gasteiger partial charge in [0.1, 0.15) is 0 Å². The summed E-state index contributed by atoms with van der Waals surface area (Å²) in [4.78, 5) is 51.2. The number of imide groups is 1. The fraction of sp³-hybridized carbons (Fsp3) is 0.524. The van der Waals surface area contributed by atoms with Crippen LogP contribution in [0.2, 0.25) is 0 Å². The molecule has 2 aliphatic rings. The Morgan fingerprint density at radius 3 is 2.52 bits per heavy atom. The number of ether oxygens (including phenoxy) is 2. The van der Waals surface area contributed by atoms with Gasteiger partial charge in [0, 0.05) is 19.7 Å². The molecule has 1 aromatic rings. The highest BCUT2D eigenvalue weighted by Gasteiger charge is 2.40. The number of hydrogen-bond donors (Lipinski definition) is 1. The fourth-order valence-electron chi connectivity index (χ4n) is 3.76. The molecule has 8 nitrogen and oxygen atoms in total. The Morgan fingerprint density at radius 2 is 1.83 bits per heavy atom. The predicted molar refractivity (Wildman–Crippen MR) is 104 cm³/mol. The van der Waals surface area contributed by atoms with Gasteiger partial charge in [0.2, 0.25) is 0 Å². The first-order valence-corrected chi connectivity index (χ1v) is 9.93. The molecule has 0 unspecified atom stereocenters. The Balaban J connectivity index is 1.69. The zero-order chi connectivity index (χ0) is 21.0. The highest BCUT2D eigenvalue weighted by Crippen LogP contribution is 2.31. The van der Waals surface area contributed by atoms with Crippen molar-refractivity contribution in [3.63, 3.8) is 0 Å². The van der Waals surface area contributed by atoms with Crippen molar-refractivity contribution in [3.8, 4) is 0 Å². The lowest BCUT2D eigenvalue weighted by Gasteiger charge is -2.29. The molecule has 0 spiro atoms. The third kappa shape index (κ3) is 4.48. The Hall–Kier alpha value is -2.74. The second-order valence-corrected chi connectivity index (χ2v) is 7.36. The number of fused-ring (bicyclic) bond motifs is 1. The standard InChI is InChI=1S/C21H26N2O6/c1-13(18(24)22-10-11-28-2)29-21(27)14-8-9-16-17(12-14)20(26)23(19(16)25)15-6-4-3-5-7-15/h8-9,12-13,15H,3-7,10-11H2,1-2H3,(H,22,24)/t13-/m0/s1. The molecule has 1 aliphatic heterocycles. The highest BCUT2D eigenvalue weighted by molar-refractivity contribution is 6.22. The molecular weight excluding hydrogens is 376 g/mol. The van der Waals surface area contributed by atoms with E-state index in [1.165, 1.54) is 37.1 Å². The van der Waals surface area contributed by atoms with E-state index in [9.17, 15) is 19.2 Å². The van der Waals surface area contributed by atoms with E-state index >= 15 is 0 Å². The summed E-state index contributed by atoms with van der Waals surface area (Å²) >= 11 is 0. The number of carbonyl (C=O) groups is 4. The zero-order valence-electron chi connectivity index (χ0n) is 16.7. The first-order chi connectivity index (χ1) is 13.9. The van der Waals surface area contributed by atoms with Crippen LogP contribution in [0.3, 0.4) is 0 Å². The quantitative estimate of drug-likeness (QED) is 0.425. The fourth-order valence-corrected chi connectivity index (χ4v) is 3.76. The monoisotopic (exact) mass is 402 g/mol. The Kier molecular flexibility index (Phi) is 6.64. The van der Waals surface area contributed by atoms with Gasteiger partial charge in [-0.25, -0.2) is 4.79 Å². The molecule has 1 atom stereocenters. The van der Waals surface area contributed by atoms with Crippen LogP contribution >= 0.6 is 0 Å². The van der Waals surface area contributed by atoms with Crippen LogP contribution in [-0.2, 0) is 14.3 Å². The number of benzene rings is 1. The maximum atomic E-state index is 12.8. The predicted octanol–water partition coefficient (Wildman–Crippen LogP) is 1.92. The number of esters is 1. The molecule has 1 aromatic carbocycles. The van der Waals surface area contributed by atoms with Crippen molar-refractivity contribution >= 4 is 23.7 Å². The molecule has 1 fully saturated rings. The summed E-state index contributed by atoms with van der Waals surface area (Å²) in [6, 6.07) is 4.24. The minimum absolute atomic E-state index is 0.0811. The van der Waals surface area contributed by atoms with Gasteiger partial charge in [-0.05, 0) is 38.0 Å². The second-order valence-electron chi connectivity index (χ2n) is 7.36. The number of carbonyl (C=O) groups excluding carboxylic acids is 4. The van der Waals surface area contributed by atoms with Crippen molar-refractivity contribution in [2.45, 2.75) is 51.2 Å². The highest BCUT2D eigenvalue weighted by atomic mass is 16.5. The molecule has 3 rings (SSSR count). The summed E-state index contributed by atoms with van der Waals surface area (Å²) in [6.07, 6.45) is 3.75. The summed E-state index contributed by atoms with van der Waals surface area (Å²) in [5.41, 5.74) is 0.654. The van der Waals surface area contributed by atoms with Gasteiger partial charge in [0.15, 0.2) is 6.10 Å². The van der Waals surface area contributed by atoms with E-state index in [4.69, 9.17) is 9.47 Å². The van der Waals surface area contributed by atoms with E-state index in [1.54, 1.807) is 0 Å². The minimum atomic E-state index is -0.997. The minimum Gasteiger partial charge on any atom is -0.449 e. The first kappa shape index (κ1) is 21.0. The van der Waals surface area contributed by atoms with E-state index in [0.717, 1.165) is 32.1 Å². The van der Waals surface area contributed by atoms with Gasteiger partial charge in [-0.3, -0.25) is 19.3 Å². The van der Waals surface area contributed by atoms with Gasteiger partial charge >= 0.3 is 5.97 Å². The summed E-state index contributed by atoms with van der Waals surface area (Å²) in [5.74, 6) is -1.83. The van der Waals surface area contributed by atoms with Crippen molar-refractivity contribution in [1.29, 1.82) is 0 Å². The topological polar surface area (TPSA) is 102 Å². The lowest BCUT2D eigenvalue weighted by molar-refractivity contribution is -0.129. The maximum absolute atomic E-state index is 12.8. The molecule has 1 aliphatic carbocycles. The van der Waals surface area contributed by atoms with Crippen LogP contribution in [-0.4, -0.2) is 61.0 Å². The normalized spacial score (nSPS) is 17.8. The van der Waals surface area contributed by atoms with Crippen LogP contribution in [0.1, 0.15) is 70.1 Å². The van der Waals surface area contributed by atoms with Gasteiger partial charge in [-0.1, -0.05) is 19.3 Å². The van der Waals surface area contributed by atoms with Gasteiger partial charge in [-0.2, -0.15) is 0 Å². The van der Waals surface area contributed by atoms with E-state index in [1.807, 2.05) is 0 Å². The molecule has 156 valence electrons. The van der Waals surface area contributed by atoms with Crippen molar-refractivity contribution in [2.75, 3.05) is 20.3 Å². The van der Waals surface area contributed by atoms with Gasteiger partial charge in [0.05, 0.1) is 23.3 Å². The molecule has 3 amide bonds.